The van der Waals surface area contributed by atoms with Crippen molar-refractivity contribution in [3.05, 3.63) is 29.3 Å². The molecule has 1 fully saturated rings. The topological polar surface area (TPSA) is 69.6 Å². The molecule has 2 N–H and O–H groups in total. The van der Waals surface area contributed by atoms with Crippen LogP contribution in [0.3, 0.4) is 0 Å². The van der Waals surface area contributed by atoms with Gasteiger partial charge < -0.3 is 15.3 Å². The van der Waals surface area contributed by atoms with Gasteiger partial charge in [-0.1, -0.05) is 0 Å². The first kappa shape index (κ1) is 13.4. The fraction of sp³-hybridized carbons (Fsp3) is 0.429. The number of hydrogen-bond donors (Lipinski definition) is 2. The first-order chi connectivity index (χ1) is 8.97. The number of rotatable bonds is 4. The van der Waals surface area contributed by atoms with Crippen molar-refractivity contribution in [3.63, 3.8) is 0 Å². The van der Waals surface area contributed by atoms with Crippen LogP contribution in [0, 0.1) is 6.92 Å². The van der Waals surface area contributed by atoms with Gasteiger partial charge in [0.05, 0.1) is 6.54 Å². The number of nitrogens with zero attached hydrogens (tertiary/aromatic N) is 1. The number of hydrogen-bond acceptors (Lipinski definition) is 3. The third-order valence-electron chi connectivity index (χ3n) is 3.11. The average Bonchev–Trinajstić information content (AvgIpc) is 3.11. The van der Waals surface area contributed by atoms with Crippen molar-refractivity contribution in [1.29, 1.82) is 0 Å². The molecule has 0 bridgehead atoms. The zero-order valence-electron chi connectivity index (χ0n) is 11.1. The normalized spacial score (nSPS) is 14.0. The molecular formula is C14H18N2O3. The molecule has 5 heteroatoms. The van der Waals surface area contributed by atoms with E-state index in [1.165, 1.54) is 17.0 Å². The predicted molar refractivity (Wildman–Crippen MR) is 71.0 cm³/mol. The van der Waals surface area contributed by atoms with E-state index < -0.39 is 0 Å². The summed E-state index contributed by atoms with van der Waals surface area (Å²) >= 11 is 0. The monoisotopic (exact) mass is 262 g/mol. The maximum absolute atomic E-state index is 12.2. The maximum atomic E-state index is 12.2. The Morgan fingerprint density at radius 2 is 2.11 bits per heavy atom. The van der Waals surface area contributed by atoms with Gasteiger partial charge in [-0.25, -0.2) is 0 Å². The molecule has 19 heavy (non-hydrogen) atoms. The zero-order chi connectivity index (χ0) is 14.0. The number of phenolic OH excluding ortho intramolecular Hbond substituents is 1. The molecule has 5 nitrogen and oxygen atoms in total. The second kappa shape index (κ2) is 5.30. The molecule has 0 unspecified atom stereocenters. The Bertz CT molecular complexity index is 509. The first-order valence-corrected chi connectivity index (χ1v) is 6.32. The molecule has 2 amide bonds. The number of phenols is 1. The Labute approximate surface area is 112 Å². The number of nitrogens with one attached hydrogen (secondary N) is 1. The molecule has 0 radical (unpaired) electrons. The summed E-state index contributed by atoms with van der Waals surface area (Å²) in [4.78, 5) is 25.2. The lowest BCUT2D eigenvalue weighted by atomic mass is 10.1. The number of amides is 2. The van der Waals surface area contributed by atoms with Crippen LogP contribution in [0.5, 0.6) is 5.75 Å². The number of benzene rings is 1. The van der Waals surface area contributed by atoms with Crippen LogP contribution in [0.2, 0.25) is 0 Å². The lowest BCUT2D eigenvalue weighted by Crippen LogP contribution is -2.39. The fourth-order valence-corrected chi connectivity index (χ4v) is 1.88. The Balaban J connectivity index is 1.99. The molecule has 0 spiro atoms. The van der Waals surface area contributed by atoms with Crippen LogP contribution in [0.4, 0.5) is 0 Å². The summed E-state index contributed by atoms with van der Waals surface area (Å²) < 4.78 is 0. The number of carbonyl (C=O) groups is 2. The van der Waals surface area contributed by atoms with Gasteiger partial charge in [0, 0.05) is 18.7 Å². The summed E-state index contributed by atoms with van der Waals surface area (Å²) in [6.45, 7) is 1.81. The molecule has 0 aromatic heterocycles. The Morgan fingerprint density at radius 1 is 1.42 bits per heavy atom. The van der Waals surface area contributed by atoms with Crippen LogP contribution in [-0.2, 0) is 4.79 Å². The summed E-state index contributed by atoms with van der Waals surface area (Å²) in [5, 5.41) is 12.2. The third-order valence-corrected chi connectivity index (χ3v) is 3.11. The minimum absolute atomic E-state index is 0.0512. The molecule has 0 saturated heterocycles. The highest BCUT2D eigenvalue weighted by Crippen LogP contribution is 2.19. The molecular weight excluding hydrogens is 244 g/mol. The minimum Gasteiger partial charge on any atom is -0.508 e. The summed E-state index contributed by atoms with van der Waals surface area (Å²) in [5.41, 5.74) is 1.19. The van der Waals surface area contributed by atoms with Gasteiger partial charge in [-0.15, -0.1) is 0 Å². The minimum atomic E-state index is -0.219. The van der Waals surface area contributed by atoms with Gasteiger partial charge in [-0.05, 0) is 43.5 Å². The smallest absolute Gasteiger partial charge is 0.254 e. The summed E-state index contributed by atoms with van der Waals surface area (Å²) in [6.07, 6.45) is 2.06. The molecule has 102 valence electrons. The molecule has 2 rings (SSSR count). The molecule has 1 aromatic carbocycles. The van der Waals surface area contributed by atoms with Gasteiger partial charge in [0.15, 0.2) is 0 Å². The highest BCUT2D eigenvalue weighted by Gasteiger charge is 2.24. The van der Waals surface area contributed by atoms with Gasteiger partial charge in [0.25, 0.3) is 5.91 Å². The molecule has 0 aliphatic heterocycles. The van der Waals surface area contributed by atoms with Crippen molar-refractivity contribution in [1.82, 2.24) is 10.2 Å². The van der Waals surface area contributed by atoms with Gasteiger partial charge in [0.1, 0.15) is 5.75 Å². The third kappa shape index (κ3) is 3.47. The standard InChI is InChI=1S/C14H18N2O3/c1-9-7-11(17)5-6-12(9)14(19)16(2)8-13(18)15-10-3-4-10/h5-7,10,17H,3-4,8H2,1-2H3,(H,15,18). The molecule has 1 saturated carbocycles. The Kier molecular flexibility index (Phi) is 3.74. The van der Waals surface area contributed by atoms with Crippen LogP contribution in [0.15, 0.2) is 18.2 Å². The lowest BCUT2D eigenvalue weighted by molar-refractivity contribution is -0.121. The molecule has 0 atom stereocenters. The van der Waals surface area contributed by atoms with Crippen LogP contribution < -0.4 is 5.32 Å². The zero-order valence-corrected chi connectivity index (χ0v) is 11.1. The van der Waals surface area contributed by atoms with E-state index in [0.717, 1.165) is 12.8 Å². The van der Waals surface area contributed by atoms with Crippen molar-refractivity contribution in [2.24, 2.45) is 0 Å². The van der Waals surface area contributed by atoms with Crippen LogP contribution >= 0.6 is 0 Å². The second-order valence-electron chi connectivity index (χ2n) is 5.00. The predicted octanol–water partition coefficient (Wildman–Crippen LogP) is 1.05. The summed E-state index contributed by atoms with van der Waals surface area (Å²) in [5.74, 6) is -0.221. The second-order valence-corrected chi connectivity index (χ2v) is 5.00. The number of aryl methyl sites for hydroxylation is 1. The van der Waals surface area contributed by atoms with E-state index in [-0.39, 0.29) is 24.1 Å². The van der Waals surface area contributed by atoms with E-state index in [4.69, 9.17) is 0 Å². The van der Waals surface area contributed by atoms with E-state index in [0.29, 0.717) is 17.2 Å². The maximum Gasteiger partial charge on any atom is 0.254 e. The molecule has 1 aliphatic carbocycles. The average molecular weight is 262 g/mol. The van der Waals surface area contributed by atoms with Crippen LogP contribution in [-0.4, -0.2) is 41.5 Å². The molecule has 1 aliphatic rings. The Morgan fingerprint density at radius 3 is 2.68 bits per heavy atom. The van der Waals surface area contributed by atoms with Gasteiger partial charge in [-0.2, -0.15) is 0 Å². The van der Waals surface area contributed by atoms with Crippen molar-refractivity contribution < 1.29 is 14.7 Å². The van der Waals surface area contributed by atoms with E-state index in [1.54, 1.807) is 20.0 Å². The Hall–Kier alpha value is -2.04. The summed E-state index contributed by atoms with van der Waals surface area (Å²) in [6, 6.07) is 4.87. The molecule has 1 aromatic rings. The first-order valence-electron chi connectivity index (χ1n) is 6.32. The van der Waals surface area contributed by atoms with Gasteiger partial charge in [0.2, 0.25) is 5.91 Å². The largest absolute Gasteiger partial charge is 0.508 e. The van der Waals surface area contributed by atoms with E-state index in [1.807, 2.05) is 0 Å². The lowest BCUT2D eigenvalue weighted by Gasteiger charge is -2.18. The SMILES string of the molecule is Cc1cc(O)ccc1C(=O)N(C)CC(=O)NC1CC1. The number of aromatic hydroxyl groups is 1. The number of carbonyl (C=O) groups excluding carboxylic acids is 2. The molecule has 0 heterocycles. The van der Waals surface area contributed by atoms with Crippen molar-refractivity contribution >= 4 is 11.8 Å². The van der Waals surface area contributed by atoms with Crippen molar-refractivity contribution in [2.45, 2.75) is 25.8 Å². The fourth-order valence-electron chi connectivity index (χ4n) is 1.88. The van der Waals surface area contributed by atoms with Gasteiger partial charge in [-0.3, -0.25) is 9.59 Å². The van der Waals surface area contributed by atoms with E-state index in [2.05, 4.69) is 5.32 Å². The van der Waals surface area contributed by atoms with Gasteiger partial charge >= 0.3 is 0 Å². The highest BCUT2D eigenvalue weighted by atomic mass is 16.3. The van der Waals surface area contributed by atoms with E-state index in [9.17, 15) is 14.7 Å². The van der Waals surface area contributed by atoms with E-state index >= 15 is 0 Å². The summed E-state index contributed by atoms with van der Waals surface area (Å²) in [7, 11) is 1.60. The van der Waals surface area contributed by atoms with Crippen molar-refractivity contribution in [3.8, 4) is 5.75 Å². The van der Waals surface area contributed by atoms with Crippen molar-refractivity contribution in [2.75, 3.05) is 13.6 Å². The number of likely N-dealkylation sites (N-methyl/N-ethyl adjacent to an activating group) is 1. The quantitative estimate of drug-likeness (QED) is 0.852. The van der Waals surface area contributed by atoms with Crippen LogP contribution in [0.25, 0.3) is 0 Å². The highest BCUT2D eigenvalue weighted by molar-refractivity contribution is 5.97. The van der Waals surface area contributed by atoms with Crippen LogP contribution in [0.1, 0.15) is 28.8 Å².